The van der Waals surface area contributed by atoms with Gasteiger partial charge < -0.3 is 15.4 Å². The van der Waals surface area contributed by atoms with Crippen molar-refractivity contribution >= 4 is 11.6 Å². The summed E-state index contributed by atoms with van der Waals surface area (Å²) in [6.45, 7) is -1.06. The number of carbonyl (C=O) groups is 1. The molecular formula is C17H17F3N2O2. The van der Waals surface area contributed by atoms with Gasteiger partial charge in [-0.05, 0) is 48.9 Å². The second kappa shape index (κ2) is 8.24. The maximum atomic E-state index is 12.9. The summed E-state index contributed by atoms with van der Waals surface area (Å²) in [4.78, 5) is 11.9. The molecule has 0 fully saturated rings. The van der Waals surface area contributed by atoms with E-state index in [-0.39, 0.29) is 30.1 Å². The number of carbonyl (C=O) groups excluding carboxylic acids is 1. The van der Waals surface area contributed by atoms with Gasteiger partial charge in [-0.2, -0.15) is 8.78 Å². The Morgan fingerprint density at radius 3 is 2.29 bits per heavy atom. The van der Waals surface area contributed by atoms with Crippen molar-refractivity contribution < 1.29 is 22.7 Å². The van der Waals surface area contributed by atoms with E-state index < -0.39 is 6.61 Å². The van der Waals surface area contributed by atoms with Gasteiger partial charge in [-0.15, -0.1) is 0 Å². The highest BCUT2D eigenvalue weighted by Crippen LogP contribution is 2.17. The quantitative estimate of drug-likeness (QED) is 0.809. The lowest BCUT2D eigenvalue weighted by atomic mass is 10.1. The normalized spacial score (nSPS) is 11.9. The van der Waals surface area contributed by atoms with Gasteiger partial charge in [0.25, 0.3) is 0 Å². The van der Waals surface area contributed by atoms with Crippen LogP contribution in [0.15, 0.2) is 48.5 Å². The van der Waals surface area contributed by atoms with Crippen LogP contribution in [0.4, 0.5) is 18.9 Å². The van der Waals surface area contributed by atoms with E-state index >= 15 is 0 Å². The molecule has 0 aliphatic heterocycles. The fraction of sp³-hybridized carbons (Fsp3) is 0.235. The molecule has 24 heavy (non-hydrogen) atoms. The molecule has 0 aliphatic carbocycles. The summed E-state index contributed by atoms with van der Waals surface area (Å²) in [6.07, 6.45) is 0. The van der Waals surface area contributed by atoms with E-state index in [1.54, 1.807) is 19.1 Å². The molecule has 2 aromatic carbocycles. The van der Waals surface area contributed by atoms with Gasteiger partial charge in [-0.1, -0.05) is 12.1 Å². The van der Waals surface area contributed by atoms with Crippen molar-refractivity contribution in [1.82, 2.24) is 5.32 Å². The van der Waals surface area contributed by atoms with Crippen LogP contribution in [0.1, 0.15) is 18.5 Å². The largest absolute Gasteiger partial charge is 0.435 e. The van der Waals surface area contributed by atoms with Crippen molar-refractivity contribution in [3.63, 3.8) is 0 Å². The SMILES string of the molecule is CC(NC(=O)CNc1ccc(OC(F)F)cc1)c1ccc(F)cc1. The molecule has 2 aromatic rings. The highest BCUT2D eigenvalue weighted by molar-refractivity contribution is 5.81. The first-order valence-corrected chi connectivity index (χ1v) is 7.27. The summed E-state index contributed by atoms with van der Waals surface area (Å²) in [7, 11) is 0. The number of anilines is 1. The molecule has 4 nitrogen and oxygen atoms in total. The van der Waals surface area contributed by atoms with Gasteiger partial charge in [0.1, 0.15) is 11.6 Å². The zero-order valence-corrected chi connectivity index (χ0v) is 12.9. The van der Waals surface area contributed by atoms with E-state index in [4.69, 9.17) is 0 Å². The summed E-state index contributed by atoms with van der Waals surface area (Å²) >= 11 is 0. The Morgan fingerprint density at radius 2 is 1.71 bits per heavy atom. The maximum absolute atomic E-state index is 12.9. The highest BCUT2D eigenvalue weighted by atomic mass is 19.3. The van der Waals surface area contributed by atoms with Crippen molar-refractivity contribution in [1.29, 1.82) is 0 Å². The Hall–Kier alpha value is -2.70. The summed E-state index contributed by atoms with van der Waals surface area (Å²) in [5.74, 6) is -0.539. The minimum absolute atomic E-state index is 0.0145. The van der Waals surface area contributed by atoms with Crippen LogP contribution in [0.2, 0.25) is 0 Å². The molecule has 2 N–H and O–H groups in total. The number of ether oxygens (including phenoxy) is 1. The van der Waals surface area contributed by atoms with Crippen molar-refractivity contribution in [2.24, 2.45) is 0 Å². The molecule has 0 aromatic heterocycles. The standard InChI is InChI=1S/C17H17F3N2O2/c1-11(12-2-4-13(18)5-3-12)22-16(23)10-21-14-6-8-15(9-7-14)24-17(19)20/h2-9,11,17,21H,10H2,1H3,(H,22,23). The summed E-state index contributed by atoms with van der Waals surface area (Å²) in [6, 6.07) is 11.5. The zero-order chi connectivity index (χ0) is 17.5. The Labute approximate surface area is 137 Å². The zero-order valence-electron chi connectivity index (χ0n) is 12.9. The molecule has 0 bridgehead atoms. The molecule has 128 valence electrons. The number of amides is 1. The minimum atomic E-state index is -2.87. The average Bonchev–Trinajstić information content (AvgIpc) is 2.54. The second-order valence-electron chi connectivity index (χ2n) is 5.10. The smallest absolute Gasteiger partial charge is 0.387 e. The van der Waals surface area contributed by atoms with Crippen LogP contribution in [0.25, 0.3) is 0 Å². The molecule has 0 radical (unpaired) electrons. The van der Waals surface area contributed by atoms with Crippen molar-refractivity contribution in [3.05, 3.63) is 59.9 Å². The van der Waals surface area contributed by atoms with E-state index in [1.807, 2.05) is 0 Å². The number of nitrogens with one attached hydrogen (secondary N) is 2. The monoisotopic (exact) mass is 338 g/mol. The van der Waals surface area contributed by atoms with Gasteiger partial charge in [-0.3, -0.25) is 4.79 Å². The van der Waals surface area contributed by atoms with Gasteiger partial charge >= 0.3 is 6.61 Å². The van der Waals surface area contributed by atoms with E-state index in [2.05, 4.69) is 15.4 Å². The lowest BCUT2D eigenvalue weighted by Crippen LogP contribution is -2.32. The minimum Gasteiger partial charge on any atom is -0.435 e. The molecule has 1 amide bonds. The van der Waals surface area contributed by atoms with Crippen LogP contribution in [-0.4, -0.2) is 19.1 Å². The number of benzene rings is 2. The topological polar surface area (TPSA) is 50.4 Å². The van der Waals surface area contributed by atoms with Crippen molar-refractivity contribution in [2.75, 3.05) is 11.9 Å². The molecule has 7 heteroatoms. The molecule has 1 atom stereocenters. The average molecular weight is 338 g/mol. The van der Waals surface area contributed by atoms with Crippen molar-refractivity contribution in [3.8, 4) is 5.75 Å². The summed E-state index contributed by atoms with van der Waals surface area (Å²) in [5.41, 5.74) is 1.39. The van der Waals surface area contributed by atoms with Gasteiger partial charge in [0.15, 0.2) is 0 Å². The predicted octanol–water partition coefficient (Wildman–Crippen LogP) is 3.72. The second-order valence-corrected chi connectivity index (χ2v) is 5.10. The van der Waals surface area contributed by atoms with Gasteiger partial charge in [0.05, 0.1) is 12.6 Å². The Morgan fingerprint density at radius 1 is 1.08 bits per heavy atom. The van der Waals surface area contributed by atoms with E-state index in [0.717, 1.165) is 5.56 Å². The van der Waals surface area contributed by atoms with Crippen LogP contribution in [0.3, 0.4) is 0 Å². The molecule has 0 saturated heterocycles. The number of hydrogen-bond donors (Lipinski definition) is 2. The molecule has 0 spiro atoms. The van der Waals surface area contributed by atoms with Crippen LogP contribution in [0, 0.1) is 5.82 Å². The van der Waals surface area contributed by atoms with Crippen LogP contribution < -0.4 is 15.4 Å². The Kier molecular flexibility index (Phi) is 6.06. The van der Waals surface area contributed by atoms with Crippen LogP contribution in [-0.2, 0) is 4.79 Å². The number of rotatable bonds is 7. The van der Waals surface area contributed by atoms with Crippen LogP contribution >= 0.6 is 0 Å². The molecular weight excluding hydrogens is 321 g/mol. The van der Waals surface area contributed by atoms with Crippen LogP contribution in [0.5, 0.6) is 5.75 Å². The Balaban J connectivity index is 1.81. The first-order valence-electron chi connectivity index (χ1n) is 7.27. The van der Waals surface area contributed by atoms with E-state index in [9.17, 15) is 18.0 Å². The van der Waals surface area contributed by atoms with Crippen molar-refractivity contribution in [2.45, 2.75) is 19.6 Å². The van der Waals surface area contributed by atoms with E-state index in [1.165, 1.54) is 36.4 Å². The summed E-state index contributed by atoms with van der Waals surface area (Å²) < 4.78 is 41.2. The predicted molar refractivity (Wildman–Crippen MR) is 84.5 cm³/mol. The molecule has 1 unspecified atom stereocenters. The van der Waals surface area contributed by atoms with E-state index in [0.29, 0.717) is 5.69 Å². The first kappa shape index (κ1) is 17.7. The molecule has 0 saturated carbocycles. The Bertz CT molecular complexity index is 661. The number of hydrogen-bond acceptors (Lipinski definition) is 3. The fourth-order valence-corrected chi connectivity index (χ4v) is 2.06. The van der Waals surface area contributed by atoms with Gasteiger partial charge in [0, 0.05) is 5.69 Å². The summed E-state index contributed by atoms with van der Waals surface area (Å²) in [5, 5.41) is 5.65. The highest BCUT2D eigenvalue weighted by Gasteiger charge is 2.10. The number of alkyl halides is 2. The lowest BCUT2D eigenvalue weighted by molar-refractivity contribution is -0.120. The van der Waals surface area contributed by atoms with Gasteiger partial charge in [0.2, 0.25) is 5.91 Å². The molecule has 0 aliphatic rings. The van der Waals surface area contributed by atoms with Gasteiger partial charge in [-0.25, -0.2) is 4.39 Å². The molecule has 2 rings (SSSR count). The maximum Gasteiger partial charge on any atom is 0.387 e. The third kappa shape index (κ3) is 5.49. The third-order valence-corrected chi connectivity index (χ3v) is 3.28. The fourth-order valence-electron chi connectivity index (χ4n) is 2.06. The number of halogens is 3. The first-order chi connectivity index (χ1) is 11.4. The lowest BCUT2D eigenvalue weighted by Gasteiger charge is -2.15. The third-order valence-electron chi connectivity index (χ3n) is 3.28. The molecule has 0 heterocycles.